The summed E-state index contributed by atoms with van der Waals surface area (Å²) in [6.07, 6.45) is 4.22. The van der Waals surface area contributed by atoms with Crippen molar-refractivity contribution >= 4 is 33.0 Å². The summed E-state index contributed by atoms with van der Waals surface area (Å²) in [5, 5.41) is 4.43. The van der Waals surface area contributed by atoms with Crippen LogP contribution in [0.5, 0.6) is 0 Å². The number of carbonyl (C=O) groups excluding carboxylic acids is 1. The van der Waals surface area contributed by atoms with Crippen LogP contribution in [0.3, 0.4) is 0 Å². The van der Waals surface area contributed by atoms with Crippen LogP contribution < -0.4 is 10.0 Å². The molecular weight excluding hydrogens is 356 g/mol. The lowest BCUT2D eigenvalue weighted by Crippen LogP contribution is -2.26. The fraction of sp³-hybridized carbons (Fsp3) is 0.389. The summed E-state index contributed by atoms with van der Waals surface area (Å²) in [5.41, 5.74) is 1.52. The second-order valence-corrected chi connectivity index (χ2v) is 8.47. The van der Waals surface area contributed by atoms with Gasteiger partial charge in [-0.3, -0.25) is 9.52 Å². The Labute approximate surface area is 153 Å². The summed E-state index contributed by atoms with van der Waals surface area (Å²) >= 11 is 1.13. The zero-order valence-electron chi connectivity index (χ0n) is 14.5. The maximum atomic E-state index is 12.6. The Kier molecular flexibility index (Phi) is 7.01. The highest BCUT2D eigenvalue weighted by molar-refractivity contribution is 7.93. The number of thiophene rings is 1. The minimum atomic E-state index is -3.80. The van der Waals surface area contributed by atoms with Gasteiger partial charge in [-0.15, -0.1) is 11.3 Å². The normalized spacial score (nSPS) is 11.3. The quantitative estimate of drug-likeness (QED) is 0.641. The van der Waals surface area contributed by atoms with Gasteiger partial charge in [0.05, 0.1) is 0 Å². The number of unbranched alkanes of at least 4 members (excludes halogenated alkanes) is 3. The van der Waals surface area contributed by atoms with Gasteiger partial charge in [0, 0.05) is 12.2 Å². The van der Waals surface area contributed by atoms with Crippen molar-refractivity contribution in [2.45, 2.75) is 44.4 Å². The monoisotopic (exact) mass is 380 g/mol. The van der Waals surface area contributed by atoms with Gasteiger partial charge in [0.15, 0.2) is 0 Å². The van der Waals surface area contributed by atoms with E-state index in [1.807, 2.05) is 19.1 Å². The first-order valence-electron chi connectivity index (χ1n) is 8.39. The molecule has 0 bridgehead atoms. The summed E-state index contributed by atoms with van der Waals surface area (Å²) in [7, 11) is -3.80. The smallest absolute Gasteiger partial charge is 0.263 e. The number of rotatable bonds is 9. The summed E-state index contributed by atoms with van der Waals surface area (Å²) in [4.78, 5) is 12.5. The minimum Gasteiger partial charge on any atom is -0.351 e. The molecule has 0 radical (unpaired) electrons. The third-order valence-corrected chi connectivity index (χ3v) is 6.21. The zero-order chi connectivity index (χ0) is 18.3. The Morgan fingerprint density at radius 1 is 1.08 bits per heavy atom. The van der Waals surface area contributed by atoms with E-state index in [2.05, 4.69) is 17.0 Å². The molecule has 0 atom stereocenters. The lowest BCUT2D eigenvalue weighted by atomic mass is 10.2. The molecule has 5 nitrogen and oxygen atoms in total. The molecule has 1 aromatic heterocycles. The highest BCUT2D eigenvalue weighted by atomic mass is 32.2. The van der Waals surface area contributed by atoms with Crippen LogP contribution in [0.2, 0.25) is 0 Å². The van der Waals surface area contributed by atoms with E-state index in [1.165, 1.54) is 6.07 Å². The third kappa shape index (κ3) is 5.57. The molecule has 2 N–H and O–H groups in total. The van der Waals surface area contributed by atoms with E-state index in [0.29, 0.717) is 12.2 Å². The van der Waals surface area contributed by atoms with Crippen molar-refractivity contribution in [1.29, 1.82) is 0 Å². The van der Waals surface area contributed by atoms with Gasteiger partial charge >= 0.3 is 0 Å². The number of hydrogen-bond donors (Lipinski definition) is 2. The van der Waals surface area contributed by atoms with E-state index in [9.17, 15) is 13.2 Å². The van der Waals surface area contributed by atoms with Crippen LogP contribution in [-0.2, 0) is 10.0 Å². The van der Waals surface area contributed by atoms with Crippen molar-refractivity contribution in [3.05, 3.63) is 46.2 Å². The average molecular weight is 381 g/mol. The second-order valence-electron chi connectivity index (χ2n) is 5.90. The highest BCUT2D eigenvalue weighted by Gasteiger charge is 2.24. The van der Waals surface area contributed by atoms with Crippen molar-refractivity contribution in [3.8, 4) is 0 Å². The van der Waals surface area contributed by atoms with Gasteiger partial charge in [0.2, 0.25) is 0 Å². The SMILES string of the molecule is CCCCCCNC(=O)c1sccc1S(=O)(=O)Nc1ccc(C)cc1. The maximum absolute atomic E-state index is 12.6. The predicted octanol–water partition coefficient (Wildman–Crippen LogP) is 4.17. The molecule has 25 heavy (non-hydrogen) atoms. The maximum Gasteiger partial charge on any atom is 0.263 e. The first-order valence-corrected chi connectivity index (χ1v) is 10.8. The third-order valence-electron chi connectivity index (χ3n) is 3.74. The number of amides is 1. The van der Waals surface area contributed by atoms with Crippen molar-refractivity contribution in [1.82, 2.24) is 5.32 Å². The fourth-order valence-electron chi connectivity index (χ4n) is 2.34. The van der Waals surface area contributed by atoms with E-state index in [-0.39, 0.29) is 15.7 Å². The summed E-state index contributed by atoms with van der Waals surface area (Å²) in [6.45, 7) is 4.62. The molecule has 0 fully saturated rings. The number of benzene rings is 1. The highest BCUT2D eigenvalue weighted by Crippen LogP contribution is 2.24. The van der Waals surface area contributed by atoms with E-state index < -0.39 is 10.0 Å². The molecule has 7 heteroatoms. The second kappa shape index (κ2) is 9.01. The van der Waals surface area contributed by atoms with Crippen LogP contribution in [0.25, 0.3) is 0 Å². The lowest BCUT2D eigenvalue weighted by Gasteiger charge is -2.09. The van der Waals surface area contributed by atoms with Gasteiger partial charge in [-0.05, 0) is 36.9 Å². The molecule has 0 aliphatic heterocycles. The van der Waals surface area contributed by atoms with Crippen LogP contribution in [0.4, 0.5) is 5.69 Å². The first kappa shape index (κ1) is 19.5. The minimum absolute atomic E-state index is 0.0177. The Bertz CT molecular complexity index is 796. The average Bonchev–Trinajstić information content (AvgIpc) is 3.07. The molecule has 0 unspecified atom stereocenters. The Balaban J connectivity index is 2.06. The molecule has 136 valence electrons. The molecular formula is C18H24N2O3S2. The number of anilines is 1. The van der Waals surface area contributed by atoms with Crippen LogP contribution in [0.15, 0.2) is 40.6 Å². The van der Waals surface area contributed by atoms with E-state index in [1.54, 1.807) is 17.5 Å². The predicted molar refractivity (Wildman–Crippen MR) is 103 cm³/mol. The number of carbonyl (C=O) groups is 1. The fourth-order valence-corrected chi connectivity index (χ4v) is 4.74. The number of hydrogen-bond acceptors (Lipinski definition) is 4. The molecule has 1 heterocycles. The summed E-state index contributed by atoms with van der Waals surface area (Å²) < 4.78 is 27.7. The lowest BCUT2D eigenvalue weighted by molar-refractivity contribution is 0.0954. The van der Waals surface area contributed by atoms with Crippen LogP contribution in [-0.4, -0.2) is 20.9 Å². The van der Waals surface area contributed by atoms with Gasteiger partial charge in [-0.2, -0.15) is 0 Å². The largest absolute Gasteiger partial charge is 0.351 e. The molecule has 0 aliphatic carbocycles. The molecule has 0 saturated heterocycles. The summed E-state index contributed by atoms with van der Waals surface area (Å²) in [6, 6.07) is 8.53. The van der Waals surface area contributed by atoms with Crippen molar-refractivity contribution in [2.24, 2.45) is 0 Å². The van der Waals surface area contributed by atoms with Gasteiger partial charge in [0.25, 0.3) is 15.9 Å². The van der Waals surface area contributed by atoms with Crippen LogP contribution >= 0.6 is 11.3 Å². The molecule has 1 amide bonds. The Morgan fingerprint density at radius 3 is 2.48 bits per heavy atom. The van der Waals surface area contributed by atoms with E-state index in [0.717, 1.165) is 42.6 Å². The summed E-state index contributed by atoms with van der Waals surface area (Å²) in [5.74, 6) is -0.337. The van der Waals surface area contributed by atoms with Crippen molar-refractivity contribution in [2.75, 3.05) is 11.3 Å². The van der Waals surface area contributed by atoms with E-state index in [4.69, 9.17) is 0 Å². The molecule has 0 spiro atoms. The van der Waals surface area contributed by atoms with Gasteiger partial charge in [-0.25, -0.2) is 8.42 Å². The molecule has 0 saturated carbocycles. The van der Waals surface area contributed by atoms with Gasteiger partial charge in [0.1, 0.15) is 9.77 Å². The van der Waals surface area contributed by atoms with Crippen LogP contribution in [0, 0.1) is 6.92 Å². The molecule has 1 aromatic carbocycles. The molecule has 2 aromatic rings. The number of aryl methyl sites for hydroxylation is 1. The van der Waals surface area contributed by atoms with Crippen molar-refractivity contribution < 1.29 is 13.2 Å². The standard InChI is InChI=1S/C18H24N2O3S2/c1-3-4-5-6-12-19-18(21)17-16(11-13-24-17)25(22,23)20-15-9-7-14(2)8-10-15/h7-11,13,20H,3-6,12H2,1-2H3,(H,19,21). The molecule has 2 rings (SSSR count). The Morgan fingerprint density at radius 2 is 1.80 bits per heavy atom. The topological polar surface area (TPSA) is 75.3 Å². The van der Waals surface area contributed by atoms with Crippen molar-refractivity contribution in [3.63, 3.8) is 0 Å². The number of sulfonamides is 1. The zero-order valence-corrected chi connectivity index (χ0v) is 16.2. The van der Waals surface area contributed by atoms with Gasteiger partial charge < -0.3 is 5.32 Å². The first-order chi connectivity index (χ1) is 11.9. The molecule has 0 aliphatic rings. The van der Waals surface area contributed by atoms with Crippen LogP contribution in [0.1, 0.15) is 47.8 Å². The van der Waals surface area contributed by atoms with E-state index >= 15 is 0 Å². The Hall–Kier alpha value is -1.86. The number of nitrogens with one attached hydrogen (secondary N) is 2. The van der Waals surface area contributed by atoms with Gasteiger partial charge in [-0.1, -0.05) is 43.9 Å².